The van der Waals surface area contributed by atoms with E-state index in [0.29, 0.717) is 33.9 Å². The lowest BCUT2D eigenvalue weighted by Gasteiger charge is -2.24. The molecule has 1 aromatic carbocycles. The van der Waals surface area contributed by atoms with Gasteiger partial charge in [0, 0.05) is 20.1 Å². The number of thioether (sulfide) groups is 1. The van der Waals surface area contributed by atoms with Crippen LogP contribution in [0.25, 0.3) is 16.7 Å². The molecule has 30 heavy (non-hydrogen) atoms. The van der Waals surface area contributed by atoms with Crippen LogP contribution in [0.3, 0.4) is 0 Å². The molecule has 0 atom stereocenters. The van der Waals surface area contributed by atoms with Crippen LogP contribution < -0.4 is 5.56 Å². The minimum Gasteiger partial charge on any atom is -0.342 e. The predicted molar refractivity (Wildman–Crippen MR) is 122 cm³/mol. The summed E-state index contributed by atoms with van der Waals surface area (Å²) in [4.78, 5) is 27.5. The SMILES string of the molecule is CC(C)CCN(CCC(C)C)C(=O)CSc1nnc2n(C)c(=O)c3ccccc3n12. The third kappa shape index (κ3) is 4.86. The van der Waals surface area contributed by atoms with E-state index in [4.69, 9.17) is 0 Å². The molecule has 0 spiro atoms. The average Bonchev–Trinajstić information content (AvgIpc) is 3.14. The molecule has 0 aliphatic rings. The number of rotatable bonds is 9. The van der Waals surface area contributed by atoms with Gasteiger partial charge in [-0.1, -0.05) is 51.6 Å². The average molecular weight is 430 g/mol. The quantitative estimate of drug-likeness (QED) is 0.486. The molecule has 0 aliphatic heterocycles. The van der Waals surface area contributed by atoms with Crippen LogP contribution in [-0.4, -0.2) is 48.8 Å². The Kier molecular flexibility index (Phi) is 7.18. The maximum Gasteiger partial charge on any atom is 0.262 e. The summed E-state index contributed by atoms with van der Waals surface area (Å²) in [5.41, 5.74) is 0.652. The van der Waals surface area contributed by atoms with E-state index < -0.39 is 0 Å². The summed E-state index contributed by atoms with van der Waals surface area (Å²) < 4.78 is 3.36. The Morgan fingerprint density at radius 3 is 2.33 bits per heavy atom. The molecular weight excluding hydrogens is 398 g/mol. The van der Waals surface area contributed by atoms with Crippen LogP contribution in [0.5, 0.6) is 0 Å². The number of aromatic nitrogens is 4. The molecule has 2 heterocycles. The van der Waals surface area contributed by atoms with Crippen molar-refractivity contribution in [1.29, 1.82) is 0 Å². The molecule has 3 aromatic rings. The van der Waals surface area contributed by atoms with E-state index in [2.05, 4.69) is 37.9 Å². The largest absolute Gasteiger partial charge is 0.342 e. The lowest BCUT2D eigenvalue weighted by molar-refractivity contribution is -0.128. The van der Waals surface area contributed by atoms with Gasteiger partial charge in [-0.25, -0.2) is 0 Å². The van der Waals surface area contributed by atoms with Crippen molar-refractivity contribution in [3.8, 4) is 0 Å². The van der Waals surface area contributed by atoms with Crippen molar-refractivity contribution in [2.45, 2.75) is 45.7 Å². The Labute approximate surface area is 181 Å². The summed E-state index contributed by atoms with van der Waals surface area (Å²) >= 11 is 1.37. The molecule has 0 saturated heterocycles. The molecule has 0 fully saturated rings. The number of amides is 1. The number of aryl methyl sites for hydroxylation is 1. The van der Waals surface area contributed by atoms with Crippen molar-refractivity contribution in [2.24, 2.45) is 18.9 Å². The van der Waals surface area contributed by atoms with Crippen molar-refractivity contribution >= 4 is 34.3 Å². The maximum atomic E-state index is 13.0. The summed E-state index contributed by atoms with van der Waals surface area (Å²) in [6, 6.07) is 7.42. The van der Waals surface area contributed by atoms with Gasteiger partial charge in [0.1, 0.15) is 0 Å². The van der Waals surface area contributed by atoms with Crippen molar-refractivity contribution in [2.75, 3.05) is 18.8 Å². The summed E-state index contributed by atoms with van der Waals surface area (Å²) in [6.07, 6.45) is 1.99. The highest BCUT2D eigenvalue weighted by Gasteiger charge is 2.19. The molecule has 0 radical (unpaired) electrons. The number of carbonyl (C=O) groups is 1. The molecule has 0 N–H and O–H groups in total. The minimum atomic E-state index is -0.105. The number of hydrogen-bond acceptors (Lipinski definition) is 5. The number of fused-ring (bicyclic) bond motifs is 3. The maximum absolute atomic E-state index is 13.0. The van der Waals surface area contributed by atoms with Crippen molar-refractivity contribution in [3.63, 3.8) is 0 Å². The van der Waals surface area contributed by atoms with Crippen molar-refractivity contribution in [1.82, 2.24) is 24.1 Å². The van der Waals surface area contributed by atoms with Gasteiger partial charge in [-0.3, -0.25) is 18.6 Å². The van der Waals surface area contributed by atoms with Crippen molar-refractivity contribution in [3.05, 3.63) is 34.6 Å². The molecule has 0 bridgehead atoms. The second-order valence-corrected chi connectivity index (χ2v) is 9.48. The first-order valence-corrected chi connectivity index (χ1v) is 11.5. The second-order valence-electron chi connectivity index (χ2n) is 8.53. The standard InChI is InChI=1S/C22H31N5O2S/c1-15(2)10-12-26(13-11-16(3)4)19(28)14-30-22-24-23-21-25(5)20(29)17-8-6-7-9-18(17)27(21)22/h6-9,15-16H,10-14H2,1-5H3. The molecule has 0 saturated carbocycles. The summed E-state index contributed by atoms with van der Waals surface area (Å²) in [6.45, 7) is 10.3. The number of para-hydroxylation sites is 1. The van der Waals surface area contributed by atoms with Gasteiger partial charge in [0.2, 0.25) is 11.7 Å². The second kappa shape index (κ2) is 9.64. The Hall–Kier alpha value is -2.35. The zero-order valence-electron chi connectivity index (χ0n) is 18.5. The monoisotopic (exact) mass is 429 g/mol. The Bertz CT molecular complexity index is 1070. The normalized spacial score (nSPS) is 11.8. The van der Waals surface area contributed by atoms with Crippen LogP contribution in [0, 0.1) is 11.8 Å². The van der Waals surface area contributed by atoms with E-state index in [0.717, 1.165) is 31.4 Å². The fourth-order valence-electron chi connectivity index (χ4n) is 3.31. The van der Waals surface area contributed by atoms with Gasteiger partial charge in [0.05, 0.1) is 16.7 Å². The summed E-state index contributed by atoms with van der Waals surface area (Å²) in [5.74, 6) is 2.01. The van der Waals surface area contributed by atoms with Crippen LogP contribution in [0.2, 0.25) is 0 Å². The van der Waals surface area contributed by atoms with Gasteiger partial charge >= 0.3 is 0 Å². The van der Waals surface area contributed by atoms with Crippen LogP contribution in [0.1, 0.15) is 40.5 Å². The van der Waals surface area contributed by atoms with E-state index in [9.17, 15) is 9.59 Å². The smallest absolute Gasteiger partial charge is 0.262 e. The topological polar surface area (TPSA) is 72.5 Å². The third-order valence-electron chi connectivity index (χ3n) is 5.23. The molecule has 1 amide bonds. The van der Waals surface area contributed by atoms with Gasteiger partial charge in [-0.05, 0) is 36.8 Å². The zero-order chi connectivity index (χ0) is 21.8. The molecule has 162 valence electrons. The molecule has 8 heteroatoms. The Balaban J connectivity index is 1.83. The first-order chi connectivity index (χ1) is 14.3. The van der Waals surface area contributed by atoms with Crippen molar-refractivity contribution < 1.29 is 4.79 Å². The minimum absolute atomic E-state index is 0.105. The third-order valence-corrected chi connectivity index (χ3v) is 6.14. The highest BCUT2D eigenvalue weighted by atomic mass is 32.2. The fourth-order valence-corrected chi connectivity index (χ4v) is 4.15. The van der Waals surface area contributed by atoms with Gasteiger partial charge < -0.3 is 4.90 Å². The molecule has 2 aromatic heterocycles. The number of benzene rings is 1. The molecule has 0 aliphatic carbocycles. The molecular formula is C22H31N5O2S. The van der Waals surface area contributed by atoms with Crippen LogP contribution in [-0.2, 0) is 11.8 Å². The van der Waals surface area contributed by atoms with E-state index in [1.54, 1.807) is 13.1 Å². The van der Waals surface area contributed by atoms with Crippen LogP contribution in [0.15, 0.2) is 34.2 Å². The van der Waals surface area contributed by atoms with Gasteiger partial charge in [0.15, 0.2) is 5.16 Å². The Morgan fingerprint density at radius 2 is 1.70 bits per heavy atom. The zero-order valence-corrected chi connectivity index (χ0v) is 19.3. The Morgan fingerprint density at radius 1 is 1.07 bits per heavy atom. The summed E-state index contributed by atoms with van der Waals surface area (Å²) in [5, 5.41) is 9.70. The first kappa shape index (κ1) is 22.3. The molecule has 7 nitrogen and oxygen atoms in total. The highest BCUT2D eigenvalue weighted by Crippen LogP contribution is 2.22. The number of nitrogens with zero attached hydrogens (tertiary/aromatic N) is 5. The highest BCUT2D eigenvalue weighted by molar-refractivity contribution is 7.99. The molecule has 0 unspecified atom stereocenters. The van der Waals surface area contributed by atoms with Gasteiger partial charge in [0.25, 0.3) is 5.56 Å². The van der Waals surface area contributed by atoms with E-state index in [-0.39, 0.29) is 11.5 Å². The van der Waals surface area contributed by atoms with Crippen LogP contribution in [0.4, 0.5) is 0 Å². The van der Waals surface area contributed by atoms with E-state index in [1.807, 2.05) is 27.5 Å². The number of hydrogen-bond donors (Lipinski definition) is 0. The lowest BCUT2D eigenvalue weighted by Crippen LogP contribution is -2.35. The summed E-state index contributed by atoms with van der Waals surface area (Å²) in [7, 11) is 1.69. The number of carbonyl (C=O) groups excluding carboxylic acids is 1. The van der Waals surface area contributed by atoms with Gasteiger partial charge in [-0.15, -0.1) is 10.2 Å². The predicted octanol–water partition coefficient (Wildman–Crippen LogP) is 3.59. The van der Waals surface area contributed by atoms with E-state index >= 15 is 0 Å². The lowest BCUT2D eigenvalue weighted by atomic mass is 10.1. The van der Waals surface area contributed by atoms with E-state index in [1.165, 1.54) is 16.3 Å². The van der Waals surface area contributed by atoms with Crippen LogP contribution >= 0.6 is 11.8 Å². The van der Waals surface area contributed by atoms with Gasteiger partial charge in [-0.2, -0.15) is 0 Å². The molecule has 3 rings (SSSR count). The fraction of sp³-hybridized carbons (Fsp3) is 0.545. The first-order valence-electron chi connectivity index (χ1n) is 10.5.